The van der Waals surface area contributed by atoms with E-state index in [1.54, 1.807) is 17.1 Å². The molecule has 1 N–H and O–H groups in total. The molecular formula is C21H28N6O2. The molecule has 0 bridgehead atoms. The van der Waals surface area contributed by atoms with Gasteiger partial charge < -0.3 is 15.0 Å². The van der Waals surface area contributed by atoms with Gasteiger partial charge in [-0.1, -0.05) is 0 Å². The molecule has 8 heteroatoms. The quantitative estimate of drug-likeness (QED) is 0.845. The Morgan fingerprint density at radius 3 is 2.86 bits per heavy atom. The van der Waals surface area contributed by atoms with Gasteiger partial charge in [0.1, 0.15) is 12.1 Å². The Labute approximate surface area is 170 Å². The monoisotopic (exact) mass is 396 g/mol. The van der Waals surface area contributed by atoms with Crippen molar-refractivity contribution in [2.24, 2.45) is 0 Å². The second kappa shape index (κ2) is 7.84. The van der Waals surface area contributed by atoms with Gasteiger partial charge in [0.15, 0.2) is 0 Å². The van der Waals surface area contributed by atoms with Crippen LogP contribution in [0.25, 0.3) is 0 Å². The van der Waals surface area contributed by atoms with Crippen LogP contribution in [0.4, 0.5) is 5.82 Å². The van der Waals surface area contributed by atoms with E-state index in [4.69, 9.17) is 4.74 Å². The van der Waals surface area contributed by atoms with Gasteiger partial charge in [0, 0.05) is 49.2 Å². The number of nitrogens with one attached hydrogen (secondary N) is 1. The van der Waals surface area contributed by atoms with Crippen molar-refractivity contribution in [2.75, 3.05) is 25.5 Å². The molecule has 0 radical (unpaired) electrons. The van der Waals surface area contributed by atoms with E-state index < -0.39 is 0 Å². The van der Waals surface area contributed by atoms with Crippen molar-refractivity contribution in [3.05, 3.63) is 45.3 Å². The summed E-state index contributed by atoms with van der Waals surface area (Å²) in [5, 5.41) is 8.35. The number of hydrogen-bond acceptors (Lipinski definition) is 7. The van der Waals surface area contributed by atoms with Crippen LogP contribution in [-0.4, -0.2) is 50.9 Å². The second-order valence-electron chi connectivity index (χ2n) is 8.49. The lowest BCUT2D eigenvalue weighted by atomic mass is 9.91. The van der Waals surface area contributed by atoms with Crippen molar-refractivity contribution < 1.29 is 4.74 Å². The maximum atomic E-state index is 12.6. The number of nitrogens with zero attached hydrogens (tertiary/aromatic N) is 5. The molecule has 0 atom stereocenters. The minimum atomic E-state index is -0.00133. The summed E-state index contributed by atoms with van der Waals surface area (Å²) in [5.74, 6) is 0.981. The lowest BCUT2D eigenvalue weighted by Gasteiger charge is -2.32. The van der Waals surface area contributed by atoms with Gasteiger partial charge in [-0.05, 0) is 32.7 Å². The van der Waals surface area contributed by atoms with Crippen molar-refractivity contribution in [3.63, 3.8) is 0 Å². The molecule has 0 amide bonds. The first kappa shape index (κ1) is 18.7. The van der Waals surface area contributed by atoms with E-state index in [0.717, 1.165) is 68.7 Å². The molecule has 0 unspecified atom stereocenters. The third-order valence-electron chi connectivity index (χ3n) is 6.44. The highest BCUT2D eigenvalue weighted by atomic mass is 16.5. The van der Waals surface area contributed by atoms with Crippen LogP contribution in [-0.2, 0) is 30.7 Å². The SMILES string of the molecule is CN1CCc2ncnc(NC3CCC(n4nc5c(cc4=O)COCC5)CC3)c2C1. The summed E-state index contributed by atoms with van der Waals surface area (Å²) in [6, 6.07) is 2.27. The number of hydrogen-bond donors (Lipinski definition) is 1. The fraction of sp³-hybridized carbons (Fsp3) is 0.619. The number of likely N-dealkylation sites (N-methyl/N-ethyl adjacent to an activating group) is 1. The van der Waals surface area contributed by atoms with Gasteiger partial charge in [-0.3, -0.25) is 4.79 Å². The highest BCUT2D eigenvalue weighted by Gasteiger charge is 2.27. The van der Waals surface area contributed by atoms with Crippen LogP contribution in [0.5, 0.6) is 0 Å². The summed E-state index contributed by atoms with van der Waals surface area (Å²) in [6.07, 6.45) is 7.37. The predicted molar refractivity (Wildman–Crippen MR) is 109 cm³/mol. The first-order valence-electron chi connectivity index (χ1n) is 10.6. The Bertz CT molecular complexity index is 951. The standard InChI is InChI=1S/C21H28N6O2/c1-26-8-6-19-17(11-26)21(23-13-22-19)24-15-2-4-16(5-3-15)27-20(28)10-14-12-29-9-7-18(14)25-27/h10,13,15-16H,2-9,11-12H2,1H3,(H,22,23,24). The molecular weight excluding hydrogens is 368 g/mol. The highest BCUT2D eigenvalue weighted by molar-refractivity contribution is 5.47. The topological polar surface area (TPSA) is 85.2 Å². The molecule has 0 spiro atoms. The number of aromatic nitrogens is 4. The molecule has 1 saturated carbocycles. The van der Waals surface area contributed by atoms with Gasteiger partial charge in [0.25, 0.3) is 5.56 Å². The van der Waals surface area contributed by atoms with Crippen LogP contribution in [0.1, 0.15) is 54.2 Å². The largest absolute Gasteiger partial charge is 0.376 e. The Kier molecular flexibility index (Phi) is 5.05. The van der Waals surface area contributed by atoms with Gasteiger partial charge in [-0.15, -0.1) is 0 Å². The third kappa shape index (κ3) is 3.79. The van der Waals surface area contributed by atoms with E-state index in [2.05, 4.69) is 32.3 Å². The van der Waals surface area contributed by atoms with Crippen LogP contribution >= 0.6 is 0 Å². The minimum Gasteiger partial charge on any atom is -0.376 e. The maximum Gasteiger partial charge on any atom is 0.267 e. The van der Waals surface area contributed by atoms with Crippen molar-refractivity contribution in [1.29, 1.82) is 0 Å². The predicted octanol–water partition coefficient (Wildman–Crippen LogP) is 1.69. The smallest absolute Gasteiger partial charge is 0.267 e. The molecule has 5 rings (SSSR count). The van der Waals surface area contributed by atoms with E-state index in [1.165, 1.54) is 11.3 Å². The first-order valence-corrected chi connectivity index (χ1v) is 10.6. The van der Waals surface area contributed by atoms with Gasteiger partial charge >= 0.3 is 0 Å². The maximum absolute atomic E-state index is 12.6. The van der Waals surface area contributed by atoms with Crippen molar-refractivity contribution >= 4 is 5.82 Å². The number of rotatable bonds is 3. The number of ether oxygens (including phenoxy) is 1. The highest BCUT2D eigenvalue weighted by Crippen LogP contribution is 2.30. The molecule has 154 valence electrons. The lowest BCUT2D eigenvalue weighted by molar-refractivity contribution is 0.107. The van der Waals surface area contributed by atoms with Crippen LogP contribution in [0.2, 0.25) is 0 Å². The normalized spacial score (nSPS) is 24.6. The summed E-state index contributed by atoms with van der Waals surface area (Å²) >= 11 is 0. The zero-order valence-corrected chi connectivity index (χ0v) is 16.9. The average molecular weight is 396 g/mol. The third-order valence-corrected chi connectivity index (χ3v) is 6.44. The Morgan fingerprint density at radius 2 is 2.00 bits per heavy atom. The molecule has 4 heterocycles. The summed E-state index contributed by atoms with van der Waals surface area (Å²) in [4.78, 5) is 23.9. The van der Waals surface area contributed by atoms with Crippen LogP contribution in [0.15, 0.2) is 17.2 Å². The van der Waals surface area contributed by atoms with E-state index in [9.17, 15) is 4.79 Å². The summed E-state index contributed by atoms with van der Waals surface area (Å²) < 4.78 is 7.17. The van der Waals surface area contributed by atoms with Crippen molar-refractivity contribution in [2.45, 2.75) is 63.8 Å². The molecule has 2 aromatic heterocycles. The minimum absolute atomic E-state index is 0.00133. The first-order chi connectivity index (χ1) is 14.2. The molecule has 3 aliphatic rings. The zero-order valence-electron chi connectivity index (χ0n) is 16.9. The Morgan fingerprint density at radius 1 is 1.14 bits per heavy atom. The van der Waals surface area contributed by atoms with Crippen molar-refractivity contribution in [1.82, 2.24) is 24.6 Å². The van der Waals surface area contributed by atoms with Crippen LogP contribution < -0.4 is 10.9 Å². The molecule has 0 aromatic carbocycles. The second-order valence-corrected chi connectivity index (χ2v) is 8.49. The molecule has 2 aromatic rings. The van der Waals surface area contributed by atoms with E-state index in [1.807, 2.05) is 0 Å². The zero-order chi connectivity index (χ0) is 19.8. The van der Waals surface area contributed by atoms with Gasteiger partial charge in [0.2, 0.25) is 0 Å². The number of fused-ring (bicyclic) bond motifs is 2. The van der Waals surface area contributed by atoms with E-state index in [-0.39, 0.29) is 11.6 Å². The van der Waals surface area contributed by atoms with Crippen LogP contribution in [0, 0.1) is 0 Å². The molecule has 1 aliphatic carbocycles. The van der Waals surface area contributed by atoms with Gasteiger partial charge in [-0.2, -0.15) is 5.10 Å². The lowest BCUT2D eigenvalue weighted by Crippen LogP contribution is -2.35. The molecule has 1 fully saturated rings. The average Bonchev–Trinajstić information content (AvgIpc) is 2.74. The summed E-state index contributed by atoms with van der Waals surface area (Å²) in [7, 11) is 2.14. The Balaban J connectivity index is 1.27. The fourth-order valence-corrected chi connectivity index (χ4v) is 4.75. The van der Waals surface area contributed by atoms with Crippen molar-refractivity contribution in [3.8, 4) is 0 Å². The summed E-state index contributed by atoms with van der Waals surface area (Å²) in [6.45, 7) is 3.13. The van der Waals surface area contributed by atoms with Gasteiger partial charge in [0.05, 0.1) is 30.6 Å². The molecule has 8 nitrogen and oxygen atoms in total. The number of anilines is 1. The summed E-state index contributed by atoms with van der Waals surface area (Å²) in [5.41, 5.74) is 4.37. The fourth-order valence-electron chi connectivity index (χ4n) is 4.75. The van der Waals surface area contributed by atoms with Crippen LogP contribution in [0.3, 0.4) is 0 Å². The van der Waals surface area contributed by atoms with E-state index in [0.29, 0.717) is 19.3 Å². The molecule has 29 heavy (non-hydrogen) atoms. The molecule has 2 aliphatic heterocycles. The Hall–Kier alpha value is -2.32. The van der Waals surface area contributed by atoms with Gasteiger partial charge in [-0.25, -0.2) is 14.6 Å². The molecule has 0 saturated heterocycles. The van der Waals surface area contributed by atoms with E-state index >= 15 is 0 Å².